The van der Waals surface area contributed by atoms with E-state index in [-0.39, 0.29) is 0 Å². The molecule has 1 atom stereocenters. The fourth-order valence-corrected chi connectivity index (χ4v) is 2.97. The van der Waals surface area contributed by atoms with E-state index in [1.54, 1.807) is 0 Å². The van der Waals surface area contributed by atoms with Crippen LogP contribution in [0.1, 0.15) is 38.7 Å². The number of halogens is 2. The zero-order valence-corrected chi connectivity index (χ0v) is 13.0. The zero-order valence-electron chi connectivity index (χ0n) is 13.0. The van der Waals surface area contributed by atoms with Crippen molar-refractivity contribution in [3.8, 4) is 0 Å². The zero-order chi connectivity index (χ0) is 15.2. The molecule has 0 radical (unpaired) electrons. The Labute approximate surface area is 126 Å². The van der Waals surface area contributed by atoms with E-state index in [4.69, 9.17) is 0 Å². The van der Waals surface area contributed by atoms with E-state index >= 15 is 0 Å². The second kappa shape index (κ2) is 7.85. The second-order valence-electron chi connectivity index (χ2n) is 6.45. The maximum absolute atomic E-state index is 13.3. The van der Waals surface area contributed by atoms with Crippen LogP contribution in [-0.4, -0.2) is 30.6 Å². The number of likely N-dealkylation sites (tertiary alicyclic amines) is 1. The minimum absolute atomic E-state index is 0.462. The van der Waals surface area contributed by atoms with E-state index in [2.05, 4.69) is 24.1 Å². The van der Waals surface area contributed by atoms with Gasteiger partial charge in [-0.1, -0.05) is 20.3 Å². The Bertz CT molecular complexity index is 428. The number of nitrogens with zero attached hydrogens (tertiary/aromatic N) is 1. The van der Waals surface area contributed by atoms with Crippen molar-refractivity contribution < 1.29 is 8.78 Å². The highest BCUT2D eigenvalue weighted by molar-refractivity contribution is 5.18. The molecule has 0 bridgehead atoms. The lowest BCUT2D eigenvalue weighted by Gasteiger charge is -2.36. The van der Waals surface area contributed by atoms with E-state index in [0.29, 0.717) is 18.5 Å². The molecule has 2 rings (SSSR count). The topological polar surface area (TPSA) is 15.3 Å². The van der Waals surface area contributed by atoms with Gasteiger partial charge in [0.2, 0.25) is 0 Å². The molecule has 4 heteroatoms. The Kier molecular flexibility index (Phi) is 6.12. The molecule has 1 aliphatic rings. The predicted molar refractivity (Wildman–Crippen MR) is 82.1 cm³/mol. The van der Waals surface area contributed by atoms with Crippen molar-refractivity contribution >= 4 is 0 Å². The quantitative estimate of drug-likeness (QED) is 0.863. The van der Waals surface area contributed by atoms with Crippen LogP contribution in [0.4, 0.5) is 8.78 Å². The number of hydrogen-bond acceptors (Lipinski definition) is 2. The first-order valence-corrected chi connectivity index (χ1v) is 7.94. The van der Waals surface area contributed by atoms with Crippen molar-refractivity contribution in [2.75, 3.05) is 19.6 Å². The number of benzene rings is 1. The van der Waals surface area contributed by atoms with Crippen molar-refractivity contribution in [2.24, 2.45) is 5.92 Å². The van der Waals surface area contributed by atoms with Gasteiger partial charge in [0.25, 0.3) is 0 Å². The van der Waals surface area contributed by atoms with Crippen LogP contribution in [0.15, 0.2) is 18.2 Å². The average molecular weight is 296 g/mol. The number of rotatable bonds is 6. The molecule has 0 spiro atoms. The standard InChI is InChI=1S/C17H26F2N2/c1-13(2)10-20-11-17-5-3-4-6-21(17)12-14-7-15(18)9-16(19)8-14/h7-9,13,17,20H,3-6,10-12H2,1-2H3. The normalized spacial score (nSPS) is 20.1. The van der Waals surface area contributed by atoms with Crippen LogP contribution in [-0.2, 0) is 6.54 Å². The molecule has 0 aromatic heterocycles. The van der Waals surface area contributed by atoms with Crippen molar-refractivity contribution in [1.29, 1.82) is 0 Å². The molecule has 0 amide bonds. The van der Waals surface area contributed by atoms with Gasteiger partial charge < -0.3 is 5.32 Å². The van der Waals surface area contributed by atoms with Crippen LogP contribution < -0.4 is 5.32 Å². The first-order chi connectivity index (χ1) is 10.0. The Morgan fingerprint density at radius 1 is 1.19 bits per heavy atom. The Balaban J connectivity index is 1.94. The first-order valence-electron chi connectivity index (χ1n) is 7.94. The summed E-state index contributed by atoms with van der Waals surface area (Å²) in [7, 11) is 0. The highest BCUT2D eigenvalue weighted by Gasteiger charge is 2.22. The number of piperidine rings is 1. The van der Waals surface area contributed by atoms with Crippen LogP contribution in [0.25, 0.3) is 0 Å². The van der Waals surface area contributed by atoms with E-state index in [9.17, 15) is 8.78 Å². The van der Waals surface area contributed by atoms with Gasteiger partial charge in [-0.3, -0.25) is 4.90 Å². The minimum Gasteiger partial charge on any atom is -0.315 e. The molecule has 0 aliphatic carbocycles. The third kappa shape index (κ3) is 5.36. The summed E-state index contributed by atoms with van der Waals surface area (Å²) in [6, 6.07) is 4.28. The van der Waals surface area contributed by atoms with Gasteiger partial charge in [0, 0.05) is 25.2 Å². The van der Waals surface area contributed by atoms with Crippen molar-refractivity contribution in [3.05, 3.63) is 35.4 Å². The third-order valence-corrected chi connectivity index (χ3v) is 3.99. The lowest BCUT2D eigenvalue weighted by Crippen LogP contribution is -2.45. The highest BCUT2D eigenvalue weighted by atomic mass is 19.1. The Morgan fingerprint density at radius 2 is 1.90 bits per heavy atom. The average Bonchev–Trinajstić information content (AvgIpc) is 2.39. The Hall–Kier alpha value is -1.00. The van der Waals surface area contributed by atoms with Crippen LogP contribution in [0.5, 0.6) is 0 Å². The fraction of sp³-hybridized carbons (Fsp3) is 0.647. The first kappa shape index (κ1) is 16.4. The molecule has 0 saturated carbocycles. The molecule has 1 saturated heterocycles. The molecule has 1 aromatic rings. The lowest BCUT2D eigenvalue weighted by atomic mass is 10.0. The largest absolute Gasteiger partial charge is 0.315 e. The van der Waals surface area contributed by atoms with Crippen LogP contribution in [0.2, 0.25) is 0 Å². The van der Waals surface area contributed by atoms with Gasteiger partial charge in [-0.05, 0) is 49.5 Å². The number of hydrogen-bond donors (Lipinski definition) is 1. The van der Waals surface area contributed by atoms with Gasteiger partial charge in [-0.15, -0.1) is 0 Å². The molecule has 1 N–H and O–H groups in total. The molecule has 1 fully saturated rings. The fourth-order valence-electron chi connectivity index (χ4n) is 2.97. The molecule has 2 nitrogen and oxygen atoms in total. The van der Waals surface area contributed by atoms with Crippen molar-refractivity contribution in [3.63, 3.8) is 0 Å². The van der Waals surface area contributed by atoms with Gasteiger partial charge >= 0.3 is 0 Å². The van der Waals surface area contributed by atoms with E-state index in [1.165, 1.54) is 25.0 Å². The smallest absolute Gasteiger partial charge is 0.126 e. The molecule has 21 heavy (non-hydrogen) atoms. The summed E-state index contributed by atoms with van der Waals surface area (Å²) < 4.78 is 26.6. The van der Waals surface area contributed by atoms with E-state index in [1.807, 2.05) is 0 Å². The summed E-state index contributed by atoms with van der Waals surface area (Å²) in [5, 5.41) is 3.50. The summed E-state index contributed by atoms with van der Waals surface area (Å²) >= 11 is 0. The Morgan fingerprint density at radius 3 is 2.57 bits per heavy atom. The number of nitrogens with one attached hydrogen (secondary N) is 1. The third-order valence-electron chi connectivity index (χ3n) is 3.99. The predicted octanol–water partition coefficient (Wildman–Crippen LogP) is 3.56. The molecule has 1 unspecified atom stereocenters. The molecular weight excluding hydrogens is 270 g/mol. The van der Waals surface area contributed by atoms with E-state index in [0.717, 1.165) is 37.7 Å². The van der Waals surface area contributed by atoms with Crippen LogP contribution in [0, 0.1) is 17.6 Å². The molecule has 1 aromatic carbocycles. The van der Waals surface area contributed by atoms with Gasteiger partial charge in [0.1, 0.15) is 11.6 Å². The summed E-state index contributed by atoms with van der Waals surface area (Å²) in [5.41, 5.74) is 0.725. The molecule has 1 aliphatic heterocycles. The van der Waals surface area contributed by atoms with Gasteiger partial charge in [0.15, 0.2) is 0 Å². The lowest BCUT2D eigenvalue weighted by molar-refractivity contribution is 0.136. The summed E-state index contributed by atoms with van der Waals surface area (Å²) in [4.78, 5) is 2.35. The van der Waals surface area contributed by atoms with Crippen LogP contribution in [0.3, 0.4) is 0 Å². The SMILES string of the molecule is CC(C)CNCC1CCCCN1Cc1cc(F)cc(F)c1. The van der Waals surface area contributed by atoms with E-state index < -0.39 is 11.6 Å². The van der Waals surface area contributed by atoms with Crippen LogP contribution >= 0.6 is 0 Å². The van der Waals surface area contributed by atoms with Gasteiger partial charge in [-0.25, -0.2) is 8.78 Å². The highest BCUT2D eigenvalue weighted by Crippen LogP contribution is 2.20. The second-order valence-corrected chi connectivity index (χ2v) is 6.45. The van der Waals surface area contributed by atoms with Crippen molar-refractivity contribution in [1.82, 2.24) is 10.2 Å². The molecule has 118 valence electrons. The van der Waals surface area contributed by atoms with Gasteiger partial charge in [0.05, 0.1) is 0 Å². The summed E-state index contributed by atoms with van der Waals surface area (Å²) in [6.07, 6.45) is 3.56. The maximum atomic E-state index is 13.3. The maximum Gasteiger partial charge on any atom is 0.126 e. The summed E-state index contributed by atoms with van der Waals surface area (Å²) in [5.74, 6) is -0.340. The summed E-state index contributed by atoms with van der Waals surface area (Å²) in [6.45, 7) is 7.99. The molecular formula is C17H26F2N2. The monoisotopic (exact) mass is 296 g/mol. The molecule has 1 heterocycles. The minimum atomic E-state index is -0.489. The van der Waals surface area contributed by atoms with Crippen molar-refractivity contribution in [2.45, 2.75) is 45.7 Å². The van der Waals surface area contributed by atoms with Gasteiger partial charge in [-0.2, -0.15) is 0 Å².